The summed E-state index contributed by atoms with van der Waals surface area (Å²) in [6.45, 7) is 1.01. The van der Waals surface area contributed by atoms with Crippen molar-refractivity contribution in [2.24, 2.45) is 0 Å². The molecule has 2 atom stereocenters. The van der Waals surface area contributed by atoms with E-state index in [0.717, 1.165) is 24.9 Å². The second-order valence-electron chi connectivity index (χ2n) is 4.74. The van der Waals surface area contributed by atoms with Crippen LogP contribution in [0.3, 0.4) is 0 Å². The molecule has 3 rings (SSSR count). The first-order valence-electron chi connectivity index (χ1n) is 6.22. The van der Waals surface area contributed by atoms with Crippen LogP contribution >= 0.6 is 0 Å². The minimum atomic E-state index is -0.545. The van der Waals surface area contributed by atoms with Crippen LogP contribution in [0.15, 0.2) is 18.2 Å². The van der Waals surface area contributed by atoms with Crippen LogP contribution in [0.2, 0.25) is 0 Å². The molecule has 0 aromatic heterocycles. The van der Waals surface area contributed by atoms with Gasteiger partial charge in [0.15, 0.2) is 6.61 Å². The third kappa shape index (κ3) is 2.07. The predicted molar refractivity (Wildman–Crippen MR) is 66.6 cm³/mol. The van der Waals surface area contributed by atoms with Crippen LogP contribution in [0.25, 0.3) is 0 Å². The number of nitrogens with one attached hydrogen (secondary N) is 2. The number of rotatable bonds is 2. The molecule has 1 amide bonds. The van der Waals surface area contributed by atoms with E-state index in [1.165, 1.54) is 0 Å². The van der Waals surface area contributed by atoms with Crippen molar-refractivity contribution in [3.05, 3.63) is 23.8 Å². The van der Waals surface area contributed by atoms with Gasteiger partial charge in [-0.3, -0.25) is 4.79 Å². The second kappa shape index (κ2) is 4.59. The molecule has 2 heterocycles. The minimum absolute atomic E-state index is 0.0546. The summed E-state index contributed by atoms with van der Waals surface area (Å²) in [6, 6.07) is 5.53. The zero-order chi connectivity index (χ0) is 12.5. The zero-order valence-corrected chi connectivity index (χ0v) is 9.98. The van der Waals surface area contributed by atoms with Gasteiger partial charge in [-0.1, -0.05) is 6.07 Å². The monoisotopic (exact) mass is 248 g/mol. The number of hydrogen-bond acceptors (Lipinski definition) is 4. The van der Waals surface area contributed by atoms with E-state index in [-0.39, 0.29) is 18.6 Å². The fraction of sp³-hybridized carbons (Fsp3) is 0.462. The van der Waals surface area contributed by atoms with Crippen molar-refractivity contribution in [3.8, 4) is 5.75 Å². The van der Waals surface area contributed by atoms with E-state index in [1.54, 1.807) is 12.1 Å². The Balaban J connectivity index is 1.84. The molecule has 0 bridgehead atoms. The van der Waals surface area contributed by atoms with E-state index < -0.39 is 6.10 Å². The standard InChI is InChI=1S/C13H16N2O3/c16-12-7-18-11-4-3-8(6-10(11)15-12)13(17)9-2-1-5-14-9/h3-4,6,9,13-14,17H,1-2,5,7H2,(H,15,16). The molecule has 3 N–H and O–H groups in total. The number of anilines is 1. The molecular weight excluding hydrogens is 232 g/mol. The first-order chi connectivity index (χ1) is 8.74. The van der Waals surface area contributed by atoms with E-state index in [2.05, 4.69) is 10.6 Å². The fourth-order valence-corrected chi connectivity index (χ4v) is 2.50. The van der Waals surface area contributed by atoms with Gasteiger partial charge in [-0.2, -0.15) is 0 Å². The molecular formula is C13H16N2O3. The highest BCUT2D eigenvalue weighted by Crippen LogP contribution is 2.32. The number of carbonyl (C=O) groups excluding carboxylic acids is 1. The smallest absolute Gasteiger partial charge is 0.262 e. The Kier molecular flexibility index (Phi) is 2.93. The minimum Gasteiger partial charge on any atom is -0.482 e. The molecule has 0 radical (unpaired) electrons. The molecule has 0 saturated carbocycles. The summed E-state index contributed by atoms with van der Waals surface area (Å²) in [7, 11) is 0. The lowest BCUT2D eigenvalue weighted by molar-refractivity contribution is -0.118. The number of fused-ring (bicyclic) bond motifs is 1. The van der Waals surface area contributed by atoms with Crippen LogP contribution < -0.4 is 15.4 Å². The highest BCUT2D eigenvalue weighted by Gasteiger charge is 2.25. The lowest BCUT2D eigenvalue weighted by Crippen LogP contribution is -2.29. The van der Waals surface area contributed by atoms with Crippen LogP contribution in [0.5, 0.6) is 5.75 Å². The molecule has 5 nitrogen and oxygen atoms in total. The van der Waals surface area contributed by atoms with Crippen LogP contribution in [-0.4, -0.2) is 30.2 Å². The number of aliphatic hydroxyl groups excluding tert-OH is 1. The van der Waals surface area contributed by atoms with Gasteiger partial charge >= 0.3 is 0 Å². The van der Waals surface area contributed by atoms with Gasteiger partial charge in [-0.15, -0.1) is 0 Å². The van der Waals surface area contributed by atoms with Gasteiger partial charge in [0, 0.05) is 6.04 Å². The molecule has 5 heteroatoms. The molecule has 18 heavy (non-hydrogen) atoms. The Bertz CT molecular complexity index is 469. The van der Waals surface area contributed by atoms with Crippen molar-refractivity contribution < 1.29 is 14.6 Å². The molecule has 1 fully saturated rings. The average Bonchev–Trinajstić information content (AvgIpc) is 2.90. The largest absolute Gasteiger partial charge is 0.482 e. The van der Waals surface area contributed by atoms with Crippen molar-refractivity contribution >= 4 is 11.6 Å². The number of hydrogen-bond donors (Lipinski definition) is 3. The predicted octanol–water partition coefficient (Wildman–Crippen LogP) is 0.803. The van der Waals surface area contributed by atoms with Gasteiger partial charge in [0.25, 0.3) is 5.91 Å². The summed E-state index contributed by atoms with van der Waals surface area (Å²) < 4.78 is 5.29. The van der Waals surface area contributed by atoms with Crippen molar-refractivity contribution in [2.45, 2.75) is 25.0 Å². The van der Waals surface area contributed by atoms with Crippen LogP contribution in [0, 0.1) is 0 Å². The summed E-state index contributed by atoms with van der Waals surface area (Å²) in [4.78, 5) is 11.3. The summed E-state index contributed by atoms with van der Waals surface area (Å²) in [5.74, 6) is 0.498. The molecule has 1 saturated heterocycles. The normalized spacial score (nSPS) is 24.1. The number of ether oxygens (including phenoxy) is 1. The third-order valence-corrected chi connectivity index (χ3v) is 3.46. The molecule has 96 valence electrons. The lowest BCUT2D eigenvalue weighted by Gasteiger charge is -2.22. The third-order valence-electron chi connectivity index (χ3n) is 3.46. The maximum Gasteiger partial charge on any atom is 0.262 e. The number of amides is 1. The van der Waals surface area contributed by atoms with E-state index in [9.17, 15) is 9.90 Å². The quantitative estimate of drug-likeness (QED) is 0.724. The molecule has 0 spiro atoms. The van der Waals surface area contributed by atoms with Gasteiger partial charge in [0.1, 0.15) is 5.75 Å². The van der Waals surface area contributed by atoms with Gasteiger partial charge in [-0.25, -0.2) is 0 Å². The van der Waals surface area contributed by atoms with Crippen molar-refractivity contribution in [2.75, 3.05) is 18.5 Å². The zero-order valence-electron chi connectivity index (χ0n) is 9.98. The number of carbonyl (C=O) groups is 1. The summed E-state index contributed by atoms with van der Waals surface area (Å²) in [6.07, 6.45) is 1.52. The molecule has 2 aliphatic rings. The van der Waals surface area contributed by atoms with Crippen LogP contribution in [0.1, 0.15) is 24.5 Å². The van der Waals surface area contributed by atoms with Crippen molar-refractivity contribution in [1.29, 1.82) is 0 Å². The molecule has 1 aromatic carbocycles. The van der Waals surface area contributed by atoms with Gasteiger partial charge in [0.2, 0.25) is 0 Å². The van der Waals surface area contributed by atoms with Crippen molar-refractivity contribution in [3.63, 3.8) is 0 Å². The molecule has 2 unspecified atom stereocenters. The number of aliphatic hydroxyl groups is 1. The first-order valence-corrected chi connectivity index (χ1v) is 6.22. The first kappa shape index (κ1) is 11.5. The Morgan fingerprint density at radius 1 is 1.44 bits per heavy atom. The maximum atomic E-state index is 11.3. The van der Waals surface area contributed by atoms with E-state index in [0.29, 0.717) is 11.4 Å². The Labute approximate surface area is 105 Å². The van der Waals surface area contributed by atoms with Gasteiger partial charge in [-0.05, 0) is 37.1 Å². The molecule has 2 aliphatic heterocycles. The number of benzene rings is 1. The molecule has 0 aliphatic carbocycles. The molecule has 1 aromatic rings. The van der Waals surface area contributed by atoms with Crippen LogP contribution in [-0.2, 0) is 4.79 Å². The van der Waals surface area contributed by atoms with E-state index in [1.807, 2.05) is 6.07 Å². The lowest BCUT2D eigenvalue weighted by atomic mass is 10.00. The Morgan fingerprint density at radius 3 is 3.11 bits per heavy atom. The summed E-state index contributed by atoms with van der Waals surface area (Å²) in [5, 5.41) is 16.3. The van der Waals surface area contributed by atoms with Crippen LogP contribution in [0.4, 0.5) is 5.69 Å². The Hall–Kier alpha value is -1.59. The fourth-order valence-electron chi connectivity index (χ4n) is 2.50. The average molecular weight is 248 g/mol. The van der Waals surface area contributed by atoms with E-state index in [4.69, 9.17) is 4.74 Å². The Morgan fingerprint density at radius 2 is 2.33 bits per heavy atom. The van der Waals surface area contributed by atoms with Gasteiger partial charge < -0.3 is 20.5 Å². The highest BCUT2D eigenvalue weighted by molar-refractivity contribution is 5.95. The van der Waals surface area contributed by atoms with Crippen molar-refractivity contribution in [1.82, 2.24) is 5.32 Å². The maximum absolute atomic E-state index is 11.3. The van der Waals surface area contributed by atoms with Gasteiger partial charge in [0.05, 0.1) is 11.8 Å². The second-order valence-corrected chi connectivity index (χ2v) is 4.74. The summed E-state index contributed by atoms with van der Waals surface area (Å²) >= 11 is 0. The topological polar surface area (TPSA) is 70.6 Å². The highest BCUT2D eigenvalue weighted by atomic mass is 16.5. The van der Waals surface area contributed by atoms with E-state index >= 15 is 0 Å². The summed E-state index contributed by atoms with van der Waals surface area (Å²) in [5.41, 5.74) is 1.44. The SMILES string of the molecule is O=C1COc2ccc(C(O)C3CCCN3)cc2N1.